The Morgan fingerprint density at radius 3 is 2.38 bits per heavy atom. The fourth-order valence-corrected chi connectivity index (χ4v) is 2.19. The lowest BCUT2D eigenvalue weighted by molar-refractivity contribution is 0.0741. The van der Waals surface area contributed by atoms with E-state index in [-0.39, 0.29) is 17.8 Å². The summed E-state index contributed by atoms with van der Waals surface area (Å²) in [5.41, 5.74) is 1.39. The Bertz CT molecular complexity index is 625. The average molecular weight is 287 g/mol. The molecule has 21 heavy (non-hydrogen) atoms. The summed E-state index contributed by atoms with van der Waals surface area (Å²) in [6.07, 6.45) is 0. The molecule has 0 aromatic heterocycles. The molecule has 0 aliphatic heterocycles. The van der Waals surface area contributed by atoms with Crippen molar-refractivity contribution < 1.29 is 13.9 Å². The van der Waals surface area contributed by atoms with Gasteiger partial charge in [-0.25, -0.2) is 4.39 Å². The number of para-hydroxylation sites is 1. The summed E-state index contributed by atoms with van der Waals surface area (Å²) in [6, 6.07) is 13.0. The topological polar surface area (TPSA) is 29.5 Å². The molecule has 0 fully saturated rings. The number of halogens is 1. The van der Waals surface area contributed by atoms with Gasteiger partial charge in [0.2, 0.25) is 0 Å². The first-order chi connectivity index (χ1) is 10.0. The number of ether oxygens (including phenoxy) is 1. The Labute approximate surface area is 124 Å². The number of hydrogen-bond acceptors (Lipinski definition) is 2. The molecule has 0 saturated heterocycles. The number of amides is 1. The summed E-state index contributed by atoms with van der Waals surface area (Å²) < 4.78 is 18.3. The first-order valence-electron chi connectivity index (χ1n) is 6.70. The molecule has 3 nitrogen and oxygen atoms in total. The second-order valence-electron chi connectivity index (χ2n) is 4.84. The lowest BCUT2D eigenvalue weighted by atomic mass is 10.0. The standard InChI is InChI=1S/C17H18FNO2/c1-12(15-6-4-5-7-16(15)21-3)19(2)17(20)13-8-10-14(18)11-9-13/h4-12H,1-3H3. The van der Waals surface area contributed by atoms with Crippen LogP contribution >= 0.6 is 0 Å². The van der Waals surface area contributed by atoms with Crippen LogP contribution < -0.4 is 4.74 Å². The van der Waals surface area contributed by atoms with Crippen molar-refractivity contribution >= 4 is 5.91 Å². The molecule has 0 saturated carbocycles. The molecule has 0 bridgehead atoms. The van der Waals surface area contributed by atoms with E-state index in [4.69, 9.17) is 4.74 Å². The molecule has 2 aromatic rings. The predicted octanol–water partition coefficient (Wildman–Crippen LogP) is 3.67. The molecule has 2 rings (SSSR count). The molecule has 110 valence electrons. The Hall–Kier alpha value is -2.36. The van der Waals surface area contributed by atoms with Crippen molar-refractivity contribution in [2.75, 3.05) is 14.2 Å². The number of benzene rings is 2. The van der Waals surface area contributed by atoms with Crippen LogP contribution in [0.5, 0.6) is 5.75 Å². The fourth-order valence-electron chi connectivity index (χ4n) is 2.19. The van der Waals surface area contributed by atoms with Crippen LogP contribution in [0.2, 0.25) is 0 Å². The number of rotatable bonds is 4. The van der Waals surface area contributed by atoms with Crippen LogP contribution in [0.3, 0.4) is 0 Å². The second-order valence-corrected chi connectivity index (χ2v) is 4.84. The van der Waals surface area contributed by atoms with E-state index in [2.05, 4.69) is 0 Å². The Morgan fingerprint density at radius 1 is 1.14 bits per heavy atom. The summed E-state index contributed by atoms with van der Waals surface area (Å²) in [5, 5.41) is 0. The van der Waals surface area contributed by atoms with E-state index in [1.54, 1.807) is 19.1 Å². The number of carbonyl (C=O) groups is 1. The SMILES string of the molecule is COc1ccccc1C(C)N(C)C(=O)c1ccc(F)cc1. The Kier molecular flexibility index (Phi) is 4.58. The zero-order valence-corrected chi connectivity index (χ0v) is 12.3. The summed E-state index contributed by atoms with van der Waals surface area (Å²) in [7, 11) is 3.33. The third-order valence-electron chi connectivity index (χ3n) is 3.58. The van der Waals surface area contributed by atoms with Gasteiger partial charge in [-0.3, -0.25) is 4.79 Å². The van der Waals surface area contributed by atoms with E-state index in [1.165, 1.54) is 24.3 Å². The maximum absolute atomic E-state index is 12.9. The van der Waals surface area contributed by atoms with Crippen molar-refractivity contribution in [1.29, 1.82) is 0 Å². The minimum absolute atomic E-state index is 0.154. The van der Waals surface area contributed by atoms with Crippen LogP contribution in [-0.2, 0) is 0 Å². The number of hydrogen-bond donors (Lipinski definition) is 0. The molecular weight excluding hydrogens is 269 g/mol. The molecule has 0 N–H and O–H groups in total. The highest BCUT2D eigenvalue weighted by molar-refractivity contribution is 5.94. The van der Waals surface area contributed by atoms with Gasteiger partial charge in [0, 0.05) is 18.2 Å². The maximum atomic E-state index is 12.9. The van der Waals surface area contributed by atoms with Crippen molar-refractivity contribution in [2.24, 2.45) is 0 Å². The molecule has 0 aliphatic rings. The van der Waals surface area contributed by atoms with Crippen LogP contribution in [0, 0.1) is 5.82 Å². The molecule has 1 atom stereocenters. The van der Waals surface area contributed by atoms with Gasteiger partial charge in [-0.2, -0.15) is 0 Å². The quantitative estimate of drug-likeness (QED) is 0.858. The average Bonchev–Trinajstić information content (AvgIpc) is 2.53. The predicted molar refractivity (Wildman–Crippen MR) is 79.9 cm³/mol. The number of nitrogens with zero attached hydrogens (tertiary/aromatic N) is 1. The van der Waals surface area contributed by atoms with Crippen LogP contribution in [0.25, 0.3) is 0 Å². The van der Waals surface area contributed by atoms with Crippen molar-refractivity contribution in [3.05, 3.63) is 65.5 Å². The molecular formula is C17H18FNO2. The van der Waals surface area contributed by atoms with Crippen molar-refractivity contribution in [3.63, 3.8) is 0 Å². The summed E-state index contributed by atoms with van der Waals surface area (Å²) in [5.74, 6) is 0.226. The van der Waals surface area contributed by atoms with Gasteiger partial charge in [0.25, 0.3) is 5.91 Å². The van der Waals surface area contributed by atoms with Crippen molar-refractivity contribution in [1.82, 2.24) is 4.90 Å². The number of carbonyl (C=O) groups excluding carboxylic acids is 1. The maximum Gasteiger partial charge on any atom is 0.254 e. The van der Waals surface area contributed by atoms with E-state index in [9.17, 15) is 9.18 Å². The minimum Gasteiger partial charge on any atom is -0.496 e. The molecule has 0 aliphatic carbocycles. The molecule has 0 spiro atoms. The highest BCUT2D eigenvalue weighted by atomic mass is 19.1. The summed E-state index contributed by atoms with van der Waals surface area (Å²) in [6.45, 7) is 1.93. The monoisotopic (exact) mass is 287 g/mol. The third kappa shape index (κ3) is 3.21. The lowest BCUT2D eigenvalue weighted by Crippen LogP contribution is -2.29. The molecule has 4 heteroatoms. The van der Waals surface area contributed by atoms with Gasteiger partial charge < -0.3 is 9.64 Å². The Balaban J connectivity index is 2.24. The van der Waals surface area contributed by atoms with Gasteiger partial charge in [0.15, 0.2) is 0 Å². The van der Waals surface area contributed by atoms with E-state index in [0.29, 0.717) is 5.56 Å². The Morgan fingerprint density at radius 2 is 1.76 bits per heavy atom. The molecule has 0 heterocycles. The van der Waals surface area contributed by atoms with Gasteiger partial charge in [-0.05, 0) is 37.3 Å². The van der Waals surface area contributed by atoms with E-state index in [1.807, 2.05) is 31.2 Å². The first-order valence-corrected chi connectivity index (χ1v) is 6.70. The highest BCUT2D eigenvalue weighted by Gasteiger charge is 2.21. The van der Waals surface area contributed by atoms with E-state index in [0.717, 1.165) is 11.3 Å². The fraction of sp³-hybridized carbons (Fsp3) is 0.235. The zero-order chi connectivity index (χ0) is 15.4. The van der Waals surface area contributed by atoms with E-state index < -0.39 is 0 Å². The summed E-state index contributed by atoms with van der Waals surface area (Å²) in [4.78, 5) is 14.0. The smallest absolute Gasteiger partial charge is 0.254 e. The van der Waals surface area contributed by atoms with Gasteiger partial charge in [0.05, 0.1) is 13.2 Å². The molecule has 1 unspecified atom stereocenters. The highest BCUT2D eigenvalue weighted by Crippen LogP contribution is 2.28. The molecule has 1 amide bonds. The van der Waals surface area contributed by atoms with Gasteiger partial charge >= 0.3 is 0 Å². The minimum atomic E-state index is -0.355. The van der Waals surface area contributed by atoms with Crippen molar-refractivity contribution in [2.45, 2.75) is 13.0 Å². The van der Waals surface area contributed by atoms with Crippen LogP contribution in [0.4, 0.5) is 4.39 Å². The normalized spacial score (nSPS) is 11.8. The van der Waals surface area contributed by atoms with Gasteiger partial charge in [0.1, 0.15) is 11.6 Å². The van der Waals surface area contributed by atoms with Gasteiger partial charge in [-0.15, -0.1) is 0 Å². The van der Waals surface area contributed by atoms with Crippen LogP contribution in [-0.4, -0.2) is 25.0 Å². The molecule has 0 radical (unpaired) electrons. The lowest BCUT2D eigenvalue weighted by Gasteiger charge is -2.26. The largest absolute Gasteiger partial charge is 0.496 e. The zero-order valence-electron chi connectivity index (χ0n) is 12.3. The van der Waals surface area contributed by atoms with E-state index >= 15 is 0 Å². The third-order valence-corrected chi connectivity index (χ3v) is 3.58. The van der Waals surface area contributed by atoms with Crippen LogP contribution in [0.1, 0.15) is 28.9 Å². The second kappa shape index (κ2) is 6.39. The molecule has 2 aromatic carbocycles. The summed E-state index contributed by atoms with van der Waals surface area (Å²) >= 11 is 0. The first kappa shape index (κ1) is 15.0. The number of methoxy groups -OCH3 is 1. The van der Waals surface area contributed by atoms with Crippen LogP contribution in [0.15, 0.2) is 48.5 Å². The van der Waals surface area contributed by atoms with Gasteiger partial charge in [-0.1, -0.05) is 18.2 Å². The van der Waals surface area contributed by atoms with Crippen molar-refractivity contribution in [3.8, 4) is 5.75 Å².